The van der Waals surface area contributed by atoms with Crippen LogP contribution in [0.5, 0.6) is 0 Å². The fourth-order valence-electron chi connectivity index (χ4n) is 4.00. The van der Waals surface area contributed by atoms with Crippen LogP contribution >= 0.6 is 0 Å². The van der Waals surface area contributed by atoms with Crippen molar-refractivity contribution >= 4 is 11.9 Å². The first-order valence-electron chi connectivity index (χ1n) is 9.98. The molecule has 1 unspecified atom stereocenters. The number of nitrogens with zero attached hydrogens (tertiary/aromatic N) is 2. The van der Waals surface area contributed by atoms with E-state index < -0.39 is 12.0 Å². The number of benzene rings is 2. The number of hydrogen-bond acceptors (Lipinski definition) is 4. The molecular weight excluding hydrogens is 371 g/mol. The van der Waals surface area contributed by atoms with Crippen LogP contribution in [0.3, 0.4) is 0 Å². The Bertz CT molecular complexity index is 913. The fourth-order valence-corrected chi connectivity index (χ4v) is 4.00. The molecule has 4 rings (SSSR count). The van der Waals surface area contributed by atoms with Crippen molar-refractivity contribution in [1.29, 1.82) is 0 Å². The van der Waals surface area contributed by atoms with Crippen LogP contribution < -0.4 is 0 Å². The first kappa shape index (κ1) is 19.6. The summed E-state index contributed by atoms with van der Waals surface area (Å²) >= 11 is 0. The van der Waals surface area contributed by atoms with E-state index in [4.69, 9.17) is 4.74 Å². The quantitative estimate of drug-likeness (QED) is 0.705. The second-order valence-corrected chi connectivity index (χ2v) is 7.76. The number of carbonyl (C=O) groups excluding carboxylic acids is 2. The third-order valence-electron chi connectivity index (χ3n) is 5.78. The zero-order valence-corrected chi connectivity index (χ0v) is 16.5. The zero-order chi connectivity index (χ0) is 20.4. The lowest BCUT2D eigenvalue weighted by Gasteiger charge is -2.36. The SMILES string of the molecule is COC(=O)C1Cc2ccccc2CN1C(=O)CN(Cc1ccccc1F)C1CC1. The minimum atomic E-state index is -0.628. The van der Waals surface area contributed by atoms with Crippen LogP contribution in [-0.4, -0.2) is 47.4 Å². The highest BCUT2D eigenvalue weighted by Gasteiger charge is 2.38. The molecule has 5 nitrogen and oxygen atoms in total. The summed E-state index contributed by atoms with van der Waals surface area (Å²) in [6.07, 6.45) is 2.46. The van der Waals surface area contributed by atoms with E-state index in [-0.39, 0.29) is 24.3 Å². The molecule has 1 aliphatic carbocycles. The van der Waals surface area contributed by atoms with Crippen molar-refractivity contribution in [1.82, 2.24) is 9.80 Å². The van der Waals surface area contributed by atoms with Gasteiger partial charge in [-0.1, -0.05) is 42.5 Å². The van der Waals surface area contributed by atoms with Gasteiger partial charge in [0.1, 0.15) is 11.9 Å². The molecule has 0 radical (unpaired) electrons. The summed E-state index contributed by atoms with van der Waals surface area (Å²) in [5.74, 6) is -0.789. The standard InChI is InChI=1S/C23H25FN2O3/c1-29-23(28)21-12-16-6-2-3-7-17(16)14-26(21)22(27)15-25(19-10-11-19)13-18-8-4-5-9-20(18)24/h2-9,19,21H,10-15H2,1H3. The molecule has 2 aromatic rings. The Morgan fingerprint density at radius 3 is 2.48 bits per heavy atom. The Hall–Kier alpha value is -2.73. The van der Waals surface area contributed by atoms with Gasteiger partial charge in [-0.2, -0.15) is 0 Å². The molecule has 1 fully saturated rings. The Morgan fingerprint density at radius 1 is 1.10 bits per heavy atom. The van der Waals surface area contributed by atoms with Gasteiger partial charge in [0.15, 0.2) is 0 Å². The van der Waals surface area contributed by atoms with Crippen LogP contribution in [0.2, 0.25) is 0 Å². The Balaban J connectivity index is 1.53. The monoisotopic (exact) mass is 396 g/mol. The summed E-state index contributed by atoms with van der Waals surface area (Å²) in [7, 11) is 1.35. The predicted octanol–water partition coefficient (Wildman–Crippen LogP) is 2.92. The fraction of sp³-hybridized carbons (Fsp3) is 0.391. The van der Waals surface area contributed by atoms with Gasteiger partial charge in [-0.15, -0.1) is 0 Å². The van der Waals surface area contributed by atoms with E-state index in [1.165, 1.54) is 13.2 Å². The molecule has 2 aromatic carbocycles. The number of methoxy groups -OCH3 is 1. The topological polar surface area (TPSA) is 49.9 Å². The minimum Gasteiger partial charge on any atom is -0.467 e. The highest BCUT2D eigenvalue weighted by Crippen LogP contribution is 2.30. The van der Waals surface area contributed by atoms with Gasteiger partial charge in [0.05, 0.1) is 13.7 Å². The normalized spacial score (nSPS) is 18.4. The summed E-state index contributed by atoms with van der Waals surface area (Å²) in [4.78, 5) is 29.3. The molecule has 0 saturated heterocycles. The van der Waals surface area contributed by atoms with Crippen molar-refractivity contribution in [2.75, 3.05) is 13.7 Å². The van der Waals surface area contributed by atoms with E-state index in [2.05, 4.69) is 0 Å². The van der Waals surface area contributed by atoms with Gasteiger partial charge >= 0.3 is 5.97 Å². The molecule has 0 N–H and O–H groups in total. The molecule has 0 spiro atoms. The van der Waals surface area contributed by atoms with E-state index in [1.807, 2.05) is 29.2 Å². The maximum absolute atomic E-state index is 14.1. The number of hydrogen-bond donors (Lipinski definition) is 0. The molecule has 1 aliphatic heterocycles. The van der Waals surface area contributed by atoms with Crippen molar-refractivity contribution in [3.05, 3.63) is 71.0 Å². The lowest BCUT2D eigenvalue weighted by molar-refractivity contribution is -0.154. The average Bonchev–Trinajstić information content (AvgIpc) is 3.58. The van der Waals surface area contributed by atoms with Crippen LogP contribution in [0, 0.1) is 5.82 Å². The third-order valence-corrected chi connectivity index (χ3v) is 5.78. The van der Waals surface area contributed by atoms with Crippen LogP contribution in [0.15, 0.2) is 48.5 Å². The Kier molecular flexibility index (Phi) is 5.62. The summed E-state index contributed by atoms with van der Waals surface area (Å²) in [5.41, 5.74) is 2.70. The van der Waals surface area contributed by atoms with Gasteiger partial charge in [-0.25, -0.2) is 9.18 Å². The smallest absolute Gasteiger partial charge is 0.328 e. The molecule has 1 heterocycles. The lowest BCUT2D eigenvalue weighted by Crippen LogP contribution is -2.52. The van der Waals surface area contributed by atoms with Crippen LogP contribution in [0.4, 0.5) is 4.39 Å². The van der Waals surface area contributed by atoms with Gasteiger partial charge in [0.2, 0.25) is 5.91 Å². The van der Waals surface area contributed by atoms with Gasteiger partial charge < -0.3 is 9.64 Å². The molecule has 1 atom stereocenters. The molecule has 1 amide bonds. The molecule has 29 heavy (non-hydrogen) atoms. The highest BCUT2D eigenvalue weighted by atomic mass is 19.1. The summed E-state index contributed by atoms with van der Waals surface area (Å²) in [6, 6.07) is 14.2. The van der Waals surface area contributed by atoms with Gasteiger partial charge in [0, 0.05) is 31.1 Å². The molecule has 0 bridgehead atoms. The second kappa shape index (κ2) is 8.33. The average molecular weight is 396 g/mol. The van der Waals surface area contributed by atoms with Gasteiger partial charge in [0.25, 0.3) is 0 Å². The van der Waals surface area contributed by atoms with Crippen LogP contribution in [0.1, 0.15) is 29.5 Å². The number of carbonyl (C=O) groups is 2. The lowest BCUT2D eigenvalue weighted by atomic mass is 9.94. The van der Waals surface area contributed by atoms with E-state index in [1.54, 1.807) is 23.1 Å². The third kappa shape index (κ3) is 4.32. The van der Waals surface area contributed by atoms with Gasteiger partial charge in [-0.05, 0) is 30.0 Å². The highest BCUT2D eigenvalue weighted by molar-refractivity contribution is 5.86. The Morgan fingerprint density at radius 2 is 1.79 bits per heavy atom. The van der Waals surface area contributed by atoms with Crippen molar-refractivity contribution in [2.45, 2.75) is 44.4 Å². The number of ether oxygens (including phenoxy) is 1. The molecule has 0 aromatic heterocycles. The molecule has 6 heteroatoms. The molecule has 1 saturated carbocycles. The Labute approximate surface area is 170 Å². The minimum absolute atomic E-state index is 0.127. The number of fused-ring (bicyclic) bond motifs is 1. The van der Waals surface area contributed by atoms with E-state index in [0.29, 0.717) is 25.1 Å². The van der Waals surface area contributed by atoms with Crippen molar-refractivity contribution < 1.29 is 18.7 Å². The number of rotatable bonds is 6. The number of amides is 1. The zero-order valence-electron chi connectivity index (χ0n) is 16.5. The first-order chi connectivity index (χ1) is 14.1. The maximum atomic E-state index is 14.1. The van der Waals surface area contributed by atoms with Gasteiger partial charge in [-0.3, -0.25) is 9.69 Å². The summed E-state index contributed by atoms with van der Waals surface area (Å²) < 4.78 is 19.1. The first-order valence-corrected chi connectivity index (χ1v) is 9.98. The van der Waals surface area contributed by atoms with E-state index in [0.717, 1.165) is 24.0 Å². The second-order valence-electron chi connectivity index (χ2n) is 7.76. The van der Waals surface area contributed by atoms with Crippen molar-refractivity contribution in [3.8, 4) is 0 Å². The van der Waals surface area contributed by atoms with Crippen molar-refractivity contribution in [3.63, 3.8) is 0 Å². The number of esters is 1. The largest absolute Gasteiger partial charge is 0.467 e. The molecular formula is C23H25FN2O3. The van der Waals surface area contributed by atoms with Crippen LogP contribution in [-0.2, 0) is 33.8 Å². The summed E-state index contributed by atoms with van der Waals surface area (Å²) in [5, 5.41) is 0. The van der Waals surface area contributed by atoms with Crippen molar-refractivity contribution in [2.24, 2.45) is 0 Å². The van der Waals surface area contributed by atoms with E-state index in [9.17, 15) is 14.0 Å². The van der Waals surface area contributed by atoms with Crippen LogP contribution in [0.25, 0.3) is 0 Å². The number of halogens is 1. The molecule has 2 aliphatic rings. The predicted molar refractivity (Wildman–Crippen MR) is 106 cm³/mol. The maximum Gasteiger partial charge on any atom is 0.328 e. The summed E-state index contributed by atoms with van der Waals surface area (Å²) in [6.45, 7) is 0.929. The molecule has 152 valence electrons. The van der Waals surface area contributed by atoms with E-state index >= 15 is 0 Å².